The first-order valence-corrected chi connectivity index (χ1v) is 8.33. The summed E-state index contributed by atoms with van der Waals surface area (Å²) in [5.74, 6) is -0.283. The highest BCUT2D eigenvalue weighted by atomic mass is 19.1. The SMILES string of the molecule is O=C(Cn1ccccc1=O)N1CCCCC1Cc1ccc(F)cc1. The molecule has 5 heteroatoms. The monoisotopic (exact) mass is 328 g/mol. The molecule has 126 valence electrons. The van der Waals surface area contributed by atoms with Crippen molar-refractivity contribution in [3.8, 4) is 0 Å². The summed E-state index contributed by atoms with van der Waals surface area (Å²) in [7, 11) is 0. The van der Waals surface area contributed by atoms with Crippen molar-refractivity contribution in [2.45, 2.75) is 38.3 Å². The number of halogens is 1. The second-order valence-electron chi connectivity index (χ2n) is 6.23. The molecule has 1 saturated heterocycles. The highest BCUT2D eigenvalue weighted by Gasteiger charge is 2.26. The van der Waals surface area contributed by atoms with Crippen LogP contribution in [0.15, 0.2) is 53.5 Å². The number of hydrogen-bond acceptors (Lipinski definition) is 2. The summed E-state index contributed by atoms with van der Waals surface area (Å²) in [4.78, 5) is 26.4. The van der Waals surface area contributed by atoms with Gasteiger partial charge in [-0.2, -0.15) is 0 Å². The van der Waals surface area contributed by atoms with Gasteiger partial charge in [-0.05, 0) is 49.4 Å². The van der Waals surface area contributed by atoms with Gasteiger partial charge in [0.2, 0.25) is 5.91 Å². The first kappa shape index (κ1) is 16.4. The minimum Gasteiger partial charge on any atom is -0.338 e. The fraction of sp³-hybridized carbons (Fsp3) is 0.368. The van der Waals surface area contributed by atoms with Gasteiger partial charge in [-0.1, -0.05) is 18.2 Å². The van der Waals surface area contributed by atoms with Crippen molar-refractivity contribution in [3.63, 3.8) is 0 Å². The Bertz CT molecular complexity index is 754. The molecule has 1 aromatic carbocycles. The van der Waals surface area contributed by atoms with Crippen molar-refractivity contribution in [2.24, 2.45) is 0 Å². The first-order chi connectivity index (χ1) is 11.6. The molecule has 1 amide bonds. The van der Waals surface area contributed by atoms with E-state index >= 15 is 0 Å². The number of rotatable bonds is 4. The van der Waals surface area contributed by atoms with Crippen LogP contribution in [0.4, 0.5) is 4.39 Å². The minimum absolute atomic E-state index is 0.0323. The summed E-state index contributed by atoms with van der Waals surface area (Å²) in [5, 5.41) is 0. The summed E-state index contributed by atoms with van der Waals surface area (Å²) in [5.41, 5.74) is 0.857. The number of carbonyl (C=O) groups is 1. The number of hydrogen-bond donors (Lipinski definition) is 0. The molecule has 1 aliphatic rings. The zero-order valence-electron chi connectivity index (χ0n) is 13.5. The number of aromatic nitrogens is 1. The summed E-state index contributed by atoms with van der Waals surface area (Å²) in [6.45, 7) is 0.784. The number of likely N-dealkylation sites (tertiary alicyclic amines) is 1. The van der Waals surface area contributed by atoms with Crippen molar-refractivity contribution < 1.29 is 9.18 Å². The second kappa shape index (κ2) is 7.43. The lowest BCUT2D eigenvalue weighted by Crippen LogP contribution is -2.46. The average Bonchev–Trinajstić information content (AvgIpc) is 2.59. The Balaban J connectivity index is 1.71. The molecule has 3 rings (SSSR count). The third kappa shape index (κ3) is 3.91. The second-order valence-corrected chi connectivity index (χ2v) is 6.23. The number of pyridine rings is 1. The van der Waals surface area contributed by atoms with Gasteiger partial charge in [0.05, 0.1) is 0 Å². The molecule has 2 aromatic rings. The average molecular weight is 328 g/mol. The molecule has 1 fully saturated rings. The van der Waals surface area contributed by atoms with E-state index in [0.29, 0.717) is 6.54 Å². The van der Waals surface area contributed by atoms with E-state index in [4.69, 9.17) is 0 Å². The van der Waals surface area contributed by atoms with E-state index < -0.39 is 0 Å². The largest absolute Gasteiger partial charge is 0.338 e. The van der Waals surface area contributed by atoms with E-state index in [2.05, 4.69) is 0 Å². The molecule has 0 spiro atoms. The molecule has 0 saturated carbocycles. The molecule has 0 bridgehead atoms. The van der Waals surface area contributed by atoms with Gasteiger partial charge in [0.1, 0.15) is 12.4 Å². The van der Waals surface area contributed by atoms with Crippen LogP contribution in [-0.4, -0.2) is 28.0 Å². The zero-order chi connectivity index (χ0) is 16.9. The van der Waals surface area contributed by atoms with Crippen molar-refractivity contribution in [2.75, 3.05) is 6.54 Å². The van der Waals surface area contributed by atoms with Gasteiger partial charge < -0.3 is 9.47 Å². The smallest absolute Gasteiger partial charge is 0.250 e. The lowest BCUT2D eigenvalue weighted by Gasteiger charge is -2.36. The molecule has 0 N–H and O–H groups in total. The van der Waals surface area contributed by atoms with Crippen LogP contribution in [0.3, 0.4) is 0 Å². The maximum atomic E-state index is 13.1. The Labute approximate surface area is 140 Å². The van der Waals surface area contributed by atoms with Gasteiger partial charge in [0, 0.05) is 24.8 Å². The highest BCUT2D eigenvalue weighted by Crippen LogP contribution is 2.21. The number of piperidine rings is 1. The van der Waals surface area contributed by atoms with Crippen LogP contribution >= 0.6 is 0 Å². The van der Waals surface area contributed by atoms with Crippen molar-refractivity contribution in [3.05, 3.63) is 70.4 Å². The van der Waals surface area contributed by atoms with E-state index in [9.17, 15) is 14.0 Å². The van der Waals surface area contributed by atoms with Gasteiger partial charge in [-0.3, -0.25) is 9.59 Å². The van der Waals surface area contributed by atoms with Gasteiger partial charge in [-0.25, -0.2) is 4.39 Å². The minimum atomic E-state index is -0.251. The first-order valence-electron chi connectivity index (χ1n) is 8.33. The predicted octanol–water partition coefficient (Wildman–Crippen LogP) is 2.61. The Morgan fingerprint density at radius 1 is 1.12 bits per heavy atom. The fourth-order valence-electron chi connectivity index (χ4n) is 3.26. The number of nitrogens with zero attached hydrogens (tertiary/aromatic N) is 2. The van der Waals surface area contributed by atoms with Gasteiger partial charge in [0.15, 0.2) is 0 Å². The van der Waals surface area contributed by atoms with Crippen LogP contribution in [0.2, 0.25) is 0 Å². The lowest BCUT2D eigenvalue weighted by atomic mass is 9.95. The van der Waals surface area contributed by atoms with Crippen molar-refractivity contribution >= 4 is 5.91 Å². The standard InChI is InChI=1S/C19H21FN2O2/c20-16-9-7-15(8-10-16)13-17-5-1-4-12-22(17)19(24)14-21-11-3-2-6-18(21)23/h2-3,6-11,17H,1,4-5,12-14H2. The van der Waals surface area contributed by atoms with Crippen LogP contribution in [0.1, 0.15) is 24.8 Å². The molecular weight excluding hydrogens is 307 g/mol. The van der Waals surface area contributed by atoms with Crippen LogP contribution in [0.25, 0.3) is 0 Å². The maximum Gasteiger partial charge on any atom is 0.250 e. The molecule has 1 aromatic heterocycles. The third-order valence-corrected chi connectivity index (χ3v) is 4.54. The Morgan fingerprint density at radius 2 is 1.92 bits per heavy atom. The lowest BCUT2D eigenvalue weighted by molar-refractivity contribution is -0.135. The van der Waals surface area contributed by atoms with E-state index in [-0.39, 0.29) is 29.9 Å². The summed E-state index contributed by atoms with van der Waals surface area (Å²) in [6.07, 6.45) is 5.36. The van der Waals surface area contributed by atoms with E-state index in [1.165, 1.54) is 22.8 Å². The molecule has 0 radical (unpaired) electrons. The third-order valence-electron chi connectivity index (χ3n) is 4.54. The molecule has 4 nitrogen and oxygen atoms in total. The Kier molecular flexibility index (Phi) is 5.08. The van der Waals surface area contributed by atoms with Crippen LogP contribution < -0.4 is 5.56 Å². The van der Waals surface area contributed by atoms with E-state index in [1.807, 2.05) is 4.90 Å². The highest BCUT2D eigenvalue weighted by molar-refractivity contribution is 5.76. The van der Waals surface area contributed by atoms with Gasteiger partial charge in [0.25, 0.3) is 5.56 Å². The normalized spacial score (nSPS) is 17.7. The van der Waals surface area contributed by atoms with Crippen molar-refractivity contribution in [1.82, 2.24) is 9.47 Å². The number of amides is 1. The summed E-state index contributed by atoms with van der Waals surface area (Å²) in [6, 6.07) is 11.4. The predicted molar refractivity (Wildman–Crippen MR) is 90.2 cm³/mol. The quantitative estimate of drug-likeness (QED) is 0.866. The van der Waals surface area contributed by atoms with E-state index in [1.54, 1.807) is 30.5 Å². The Morgan fingerprint density at radius 3 is 2.67 bits per heavy atom. The molecule has 2 heterocycles. The molecule has 24 heavy (non-hydrogen) atoms. The van der Waals surface area contributed by atoms with Gasteiger partial charge in [-0.15, -0.1) is 0 Å². The molecule has 1 aliphatic heterocycles. The van der Waals surface area contributed by atoms with Gasteiger partial charge >= 0.3 is 0 Å². The molecular formula is C19H21FN2O2. The molecule has 1 atom stereocenters. The van der Waals surface area contributed by atoms with Crippen LogP contribution in [-0.2, 0) is 17.8 Å². The maximum absolute atomic E-state index is 13.1. The topological polar surface area (TPSA) is 42.3 Å². The fourth-order valence-corrected chi connectivity index (χ4v) is 3.26. The number of carbonyl (C=O) groups excluding carboxylic acids is 1. The number of benzene rings is 1. The summed E-state index contributed by atoms with van der Waals surface area (Å²) >= 11 is 0. The Hall–Kier alpha value is -2.43. The molecule has 0 aliphatic carbocycles. The van der Waals surface area contributed by atoms with E-state index in [0.717, 1.165) is 31.2 Å². The summed E-state index contributed by atoms with van der Waals surface area (Å²) < 4.78 is 14.5. The molecule has 1 unspecified atom stereocenters. The van der Waals surface area contributed by atoms with Crippen molar-refractivity contribution in [1.29, 1.82) is 0 Å². The van der Waals surface area contributed by atoms with Crippen LogP contribution in [0.5, 0.6) is 0 Å². The zero-order valence-corrected chi connectivity index (χ0v) is 13.5. The van der Waals surface area contributed by atoms with Crippen LogP contribution in [0, 0.1) is 5.82 Å².